The number of alkyl carbamates (subject to hydrolysis) is 1. The van der Waals surface area contributed by atoms with Crippen LogP contribution in [-0.4, -0.2) is 30.4 Å². The van der Waals surface area contributed by atoms with Crippen LogP contribution in [0.4, 0.5) is 4.79 Å². The largest absolute Gasteiger partial charge is 0.494 e. The van der Waals surface area contributed by atoms with Crippen molar-refractivity contribution in [3.05, 3.63) is 89.5 Å². The number of carboxylic acids is 1. The minimum Gasteiger partial charge on any atom is -0.494 e. The van der Waals surface area contributed by atoms with E-state index in [9.17, 15) is 14.7 Å². The molecular formula is C26H25NO5. The predicted octanol–water partition coefficient (Wildman–Crippen LogP) is 5.14. The molecule has 32 heavy (non-hydrogen) atoms. The number of aliphatic carboxylic acids is 1. The number of rotatable bonds is 8. The molecule has 1 aliphatic rings. The standard InChI is InChI=1S/C26H25NO5/c1-2-31-24-14-8-7-13-21(24)23(15-25(28)29)27-26(30)32-16-22-19-11-5-3-9-17(19)18-10-4-6-12-20(18)22/h3-14,22-23H,2,15-16H2,1H3,(H,27,30)(H,28,29)/t23-/m1/s1. The first-order chi connectivity index (χ1) is 15.6. The highest BCUT2D eigenvalue weighted by Crippen LogP contribution is 2.44. The first kappa shape index (κ1) is 21.4. The molecule has 3 aromatic rings. The Bertz CT molecular complexity index is 1080. The lowest BCUT2D eigenvalue weighted by atomic mass is 9.98. The van der Waals surface area contributed by atoms with Gasteiger partial charge in [-0.15, -0.1) is 0 Å². The van der Waals surface area contributed by atoms with Gasteiger partial charge in [-0.1, -0.05) is 66.7 Å². The van der Waals surface area contributed by atoms with Gasteiger partial charge < -0.3 is 19.9 Å². The van der Waals surface area contributed by atoms with Gasteiger partial charge in [0.25, 0.3) is 0 Å². The highest BCUT2D eigenvalue weighted by Gasteiger charge is 2.29. The van der Waals surface area contributed by atoms with Gasteiger partial charge in [-0.2, -0.15) is 0 Å². The molecule has 2 N–H and O–H groups in total. The Hall–Kier alpha value is -3.80. The highest BCUT2D eigenvalue weighted by molar-refractivity contribution is 5.79. The van der Waals surface area contributed by atoms with Gasteiger partial charge in [-0.3, -0.25) is 4.79 Å². The summed E-state index contributed by atoms with van der Waals surface area (Å²) in [6.07, 6.45) is -0.946. The van der Waals surface area contributed by atoms with E-state index >= 15 is 0 Å². The lowest BCUT2D eigenvalue weighted by molar-refractivity contribution is -0.137. The molecule has 0 bridgehead atoms. The zero-order valence-corrected chi connectivity index (χ0v) is 17.8. The van der Waals surface area contributed by atoms with Crippen LogP contribution in [0.2, 0.25) is 0 Å². The molecule has 0 unspecified atom stereocenters. The van der Waals surface area contributed by atoms with Crippen molar-refractivity contribution in [2.45, 2.75) is 25.3 Å². The molecule has 0 saturated carbocycles. The second-order valence-electron chi connectivity index (χ2n) is 7.59. The van der Waals surface area contributed by atoms with Crippen molar-refractivity contribution in [3.63, 3.8) is 0 Å². The number of benzene rings is 3. The molecule has 4 rings (SSSR count). The number of nitrogens with one attached hydrogen (secondary N) is 1. The minimum absolute atomic E-state index is 0.0678. The van der Waals surface area contributed by atoms with Crippen molar-refractivity contribution >= 4 is 12.1 Å². The number of carboxylic acid groups (broad SMARTS) is 1. The van der Waals surface area contributed by atoms with E-state index in [4.69, 9.17) is 9.47 Å². The Balaban J connectivity index is 1.50. The maximum Gasteiger partial charge on any atom is 0.407 e. The number of carbonyl (C=O) groups excluding carboxylic acids is 1. The first-order valence-corrected chi connectivity index (χ1v) is 10.6. The smallest absolute Gasteiger partial charge is 0.407 e. The van der Waals surface area contributed by atoms with Gasteiger partial charge >= 0.3 is 12.1 Å². The topological polar surface area (TPSA) is 84.9 Å². The van der Waals surface area contributed by atoms with Gasteiger partial charge in [0.1, 0.15) is 12.4 Å². The summed E-state index contributed by atoms with van der Waals surface area (Å²) in [5.41, 5.74) is 5.12. The molecule has 0 heterocycles. The average molecular weight is 431 g/mol. The molecule has 3 aromatic carbocycles. The number of para-hydroxylation sites is 1. The maximum absolute atomic E-state index is 12.7. The number of amides is 1. The second-order valence-corrected chi connectivity index (χ2v) is 7.59. The summed E-state index contributed by atoms with van der Waals surface area (Å²) in [5, 5.41) is 12.1. The van der Waals surface area contributed by atoms with E-state index in [0.717, 1.165) is 22.3 Å². The molecule has 0 radical (unpaired) electrons. The molecule has 164 valence electrons. The molecule has 1 aliphatic carbocycles. The molecule has 0 fully saturated rings. The van der Waals surface area contributed by atoms with Crippen molar-refractivity contribution in [1.82, 2.24) is 5.32 Å². The first-order valence-electron chi connectivity index (χ1n) is 10.6. The van der Waals surface area contributed by atoms with Crippen molar-refractivity contribution in [2.75, 3.05) is 13.2 Å². The van der Waals surface area contributed by atoms with Crippen molar-refractivity contribution in [1.29, 1.82) is 0 Å². The third-order valence-electron chi connectivity index (χ3n) is 5.61. The number of ether oxygens (including phenoxy) is 2. The summed E-state index contributed by atoms with van der Waals surface area (Å²) in [7, 11) is 0. The van der Waals surface area contributed by atoms with Crippen LogP contribution < -0.4 is 10.1 Å². The lowest BCUT2D eigenvalue weighted by Gasteiger charge is -2.21. The van der Waals surface area contributed by atoms with Gasteiger partial charge in [0.05, 0.1) is 19.1 Å². The van der Waals surface area contributed by atoms with E-state index in [-0.39, 0.29) is 18.9 Å². The van der Waals surface area contributed by atoms with Crippen molar-refractivity contribution in [3.8, 4) is 16.9 Å². The third kappa shape index (κ3) is 4.44. The van der Waals surface area contributed by atoms with Crippen LogP contribution in [0.5, 0.6) is 5.75 Å². The Morgan fingerprint density at radius 1 is 0.938 bits per heavy atom. The number of fused-ring (bicyclic) bond motifs is 3. The highest BCUT2D eigenvalue weighted by atomic mass is 16.5. The van der Waals surface area contributed by atoms with Crippen LogP contribution in [0.15, 0.2) is 72.8 Å². The quantitative estimate of drug-likeness (QED) is 0.516. The Morgan fingerprint density at radius 3 is 2.16 bits per heavy atom. The zero-order chi connectivity index (χ0) is 22.5. The minimum atomic E-state index is -1.03. The molecule has 1 atom stereocenters. The van der Waals surface area contributed by atoms with E-state index in [2.05, 4.69) is 17.4 Å². The van der Waals surface area contributed by atoms with Crippen LogP contribution >= 0.6 is 0 Å². The molecule has 0 aliphatic heterocycles. The Kier molecular flexibility index (Phi) is 6.40. The van der Waals surface area contributed by atoms with Gasteiger partial charge in [0.15, 0.2) is 0 Å². The van der Waals surface area contributed by atoms with Crippen molar-refractivity contribution < 1.29 is 24.2 Å². The Labute approximate surface area is 186 Å². The fraction of sp³-hybridized carbons (Fsp3) is 0.231. The Morgan fingerprint density at radius 2 is 1.53 bits per heavy atom. The molecule has 0 aromatic heterocycles. The van der Waals surface area contributed by atoms with Crippen molar-refractivity contribution in [2.24, 2.45) is 0 Å². The molecule has 0 spiro atoms. The second kappa shape index (κ2) is 9.56. The van der Waals surface area contributed by atoms with Gasteiger partial charge in [0.2, 0.25) is 0 Å². The molecular weight excluding hydrogens is 406 g/mol. The van der Waals surface area contributed by atoms with E-state index in [1.54, 1.807) is 24.3 Å². The fourth-order valence-electron chi connectivity index (χ4n) is 4.25. The fourth-order valence-corrected chi connectivity index (χ4v) is 4.25. The zero-order valence-electron chi connectivity index (χ0n) is 17.8. The summed E-state index contributed by atoms with van der Waals surface area (Å²) >= 11 is 0. The molecule has 6 heteroatoms. The lowest BCUT2D eigenvalue weighted by Crippen LogP contribution is -2.32. The van der Waals surface area contributed by atoms with E-state index in [0.29, 0.717) is 17.9 Å². The third-order valence-corrected chi connectivity index (χ3v) is 5.61. The van der Waals surface area contributed by atoms with Crippen LogP contribution in [0.3, 0.4) is 0 Å². The van der Waals surface area contributed by atoms with E-state index < -0.39 is 18.1 Å². The predicted molar refractivity (Wildman–Crippen MR) is 121 cm³/mol. The maximum atomic E-state index is 12.7. The monoisotopic (exact) mass is 431 g/mol. The summed E-state index contributed by atoms with van der Waals surface area (Å²) in [6.45, 7) is 2.44. The van der Waals surface area contributed by atoms with Gasteiger partial charge in [-0.25, -0.2) is 4.79 Å². The summed E-state index contributed by atoms with van der Waals surface area (Å²) in [6, 6.07) is 22.5. The van der Waals surface area contributed by atoms with Crippen LogP contribution in [-0.2, 0) is 9.53 Å². The number of carbonyl (C=O) groups is 2. The normalized spacial score (nSPS) is 13.0. The molecule has 6 nitrogen and oxygen atoms in total. The summed E-state index contributed by atoms with van der Waals surface area (Å²) in [5.74, 6) is -0.553. The number of hydrogen-bond donors (Lipinski definition) is 2. The summed E-state index contributed by atoms with van der Waals surface area (Å²) in [4.78, 5) is 24.1. The van der Waals surface area contributed by atoms with Crippen LogP contribution in [0.1, 0.15) is 42.0 Å². The van der Waals surface area contributed by atoms with E-state index in [1.807, 2.05) is 43.3 Å². The van der Waals surface area contributed by atoms with Crippen LogP contribution in [0, 0.1) is 0 Å². The SMILES string of the molecule is CCOc1ccccc1[C@@H](CC(=O)O)NC(=O)OCC1c2ccccc2-c2ccccc21. The average Bonchev–Trinajstić information content (AvgIpc) is 3.11. The number of hydrogen-bond acceptors (Lipinski definition) is 4. The summed E-state index contributed by atoms with van der Waals surface area (Å²) < 4.78 is 11.2. The van der Waals surface area contributed by atoms with Gasteiger partial charge in [0, 0.05) is 11.5 Å². The molecule has 0 saturated heterocycles. The van der Waals surface area contributed by atoms with E-state index in [1.165, 1.54) is 0 Å². The van der Waals surface area contributed by atoms with Crippen LogP contribution in [0.25, 0.3) is 11.1 Å². The van der Waals surface area contributed by atoms with Gasteiger partial charge in [-0.05, 0) is 35.2 Å². The molecule has 1 amide bonds.